The molecule has 3 aromatic rings. The maximum Gasteiger partial charge on any atom is 0.229 e. The standard InChI is InChI=1S/C15H15ClN4O2S/c16-11-6-4-10(5-7-11)12-9-20-15(17-12)23-14(18-20)19-22-13-3-1-2-8-21-13/h4-7,9,13H,1-3,8H2,(H,18,19). The van der Waals surface area contributed by atoms with Gasteiger partial charge in [0.25, 0.3) is 0 Å². The van der Waals surface area contributed by atoms with Gasteiger partial charge in [-0.2, -0.15) is 0 Å². The zero-order valence-electron chi connectivity index (χ0n) is 12.2. The van der Waals surface area contributed by atoms with E-state index in [9.17, 15) is 0 Å². The highest BCUT2D eigenvalue weighted by atomic mass is 35.5. The topological polar surface area (TPSA) is 60.7 Å². The van der Waals surface area contributed by atoms with E-state index in [1.54, 1.807) is 4.52 Å². The zero-order valence-corrected chi connectivity index (χ0v) is 13.8. The van der Waals surface area contributed by atoms with E-state index in [0.29, 0.717) is 10.2 Å². The van der Waals surface area contributed by atoms with E-state index in [2.05, 4.69) is 15.6 Å². The first-order valence-electron chi connectivity index (χ1n) is 7.43. The van der Waals surface area contributed by atoms with Gasteiger partial charge in [-0.25, -0.2) is 19.8 Å². The second kappa shape index (κ2) is 6.45. The molecular weight excluding hydrogens is 336 g/mol. The van der Waals surface area contributed by atoms with E-state index < -0.39 is 0 Å². The van der Waals surface area contributed by atoms with E-state index >= 15 is 0 Å². The van der Waals surface area contributed by atoms with Gasteiger partial charge in [0.2, 0.25) is 10.1 Å². The molecular formula is C15H15ClN4O2S. The van der Waals surface area contributed by atoms with Crippen molar-refractivity contribution in [1.29, 1.82) is 0 Å². The second-order valence-corrected chi connectivity index (χ2v) is 6.68. The minimum atomic E-state index is -0.204. The van der Waals surface area contributed by atoms with Crippen molar-refractivity contribution in [3.8, 4) is 11.3 Å². The average molecular weight is 351 g/mol. The third-order valence-electron chi connectivity index (χ3n) is 3.60. The van der Waals surface area contributed by atoms with Crippen LogP contribution in [0.3, 0.4) is 0 Å². The van der Waals surface area contributed by atoms with Crippen molar-refractivity contribution in [2.24, 2.45) is 0 Å². The molecule has 0 radical (unpaired) electrons. The molecule has 1 saturated heterocycles. The number of anilines is 1. The Morgan fingerprint density at radius 2 is 2.17 bits per heavy atom. The first-order chi connectivity index (χ1) is 11.3. The molecule has 0 bridgehead atoms. The van der Waals surface area contributed by atoms with Crippen molar-refractivity contribution in [2.75, 3.05) is 12.1 Å². The molecule has 1 aliphatic rings. The summed E-state index contributed by atoms with van der Waals surface area (Å²) >= 11 is 7.34. The predicted octanol–water partition coefficient (Wildman–Crippen LogP) is 3.98. The Bertz CT molecular complexity index is 764. The summed E-state index contributed by atoms with van der Waals surface area (Å²) in [6.07, 6.45) is 4.80. The predicted molar refractivity (Wildman–Crippen MR) is 89.6 cm³/mol. The largest absolute Gasteiger partial charge is 0.350 e. The van der Waals surface area contributed by atoms with Crippen molar-refractivity contribution < 1.29 is 9.57 Å². The maximum absolute atomic E-state index is 5.91. The number of imidazole rings is 1. The van der Waals surface area contributed by atoms with Crippen LogP contribution < -0.4 is 5.48 Å². The smallest absolute Gasteiger partial charge is 0.229 e. The Balaban J connectivity index is 1.46. The normalized spacial score (nSPS) is 18.4. The van der Waals surface area contributed by atoms with Crippen LogP contribution in [-0.4, -0.2) is 27.5 Å². The van der Waals surface area contributed by atoms with Crippen LogP contribution in [0.15, 0.2) is 30.5 Å². The van der Waals surface area contributed by atoms with Gasteiger partial charge < -0.3 is 4.74 Å². The molecule has 6 nitrogen and oxygen atoms in total. The number of halogens is 1. The van der Waals surface area contributed by atoms with E-state index in [0.717, 1.165) is 42.1 Å². The lowest BCUT2D eigenvalue weighted by molar-refractivity contribution is -0.145. The third kappa shape index (κ3) is 3.32. The molecule has 1 aromatic carbocycles. The zero-order chi connectivity index (χ0) is 15.6. The van der Waals surface area contributed by atoms with Gasteiger partial charge in [0.1, 0.15) is 0 Å². The van der Waals surface area contributed by atoms with Gasteiger partial charge >= 0.3 is 0 Å². The Kier molecular flexibility index (Phi) is 4.17. The Labute approximate surface area is 142 Å². The fourth-order valence-corrected chi connectivity index (χ4v) is 3.27. The lowest BCUT2D eigenvalue weighted by atomic mass is 10.2. The van der Waals surface area contributed by atoms with Crippen molar-refractivity contribution in [3.05, 3.63) is 35.5 Å². The summed E-state index contributed by atoms with van der Waals surface area (Å²) in [7, 11) is 0. The summed E-state index contributed by atoms with van der Waals surface area (Å²) in [6, 6.07) is 7.58. The fraction of sp³-hybridized carbons (Fsp3) is 0.333. The molecule has 2 aromatic heterocycles. The highest BCUT2D eigenvalue weighted by Gasteiger charge is 2.16. The van der Waals surface area contributed by atoms with Crippen LogP contribution >= 0.6 is 22.9 Å². The van der Waals surface area contributed by atoms with Crippen molar-refractivity contribution in [2.45, 2.75) is 25.6 Å². The highest BCUT2D eigenvalue weighted by molar-refractivity contribution is 7.20. The van der Waals surface area contributed by atoms with E-state index in [-0.39, 0.29) is 6.29 Å². The number of hydrogen-bond acceptors (Lipinski definition) is 6. The molecule has 3 heterocycles. The van der Waals surface area contributed by atoms with Crippen LogP contribution in [-0.2, 0) is 9.57 Å². The summed E-state index contributed by atoms with van der Waals surface area (Å²) in [5.74, 6) is 0. The van der Waals surface area contributed by atoms with Gasteiger partial charge in [0, 0.05) is 23.6 Å². The van der Waals surface area contributed by atoms with Crippen LogP contribution in [0.5, 0.6) is 0 Å². The lowest BCUT2D eigenvalue weighted by Crippen LogP contribution is -2.24. The summed E-state index contributed by atoms with van der Waals surface area (Å²) in [5, 5.41) is 5.78. The van der Waals surface area contributed by atoms with E-state index in [1.165, 1.54) is 11.3 Å². The number of fused-ring (bicyclic) bond motifs is 1. The number of ether oxygens (including phenoxy) is 1. The lowest BCUT2D eigenvalue weighted by Gasteiger charge is -2.21. The molecule has 120 valence electrons. The SMILES string of the molecule is Clc1ccc(-c2cn3nc(NOC4CCCCO4)sc3n2)cc1. The summed E-state index contributed by atoms with van der Waals surface area (Å²) in [5.41, 5.74) is 4.73. The van der Waals surface area contributed by atoms with Crippen LogP contribution in [0.1, 0.15) is 19.3 Å². The molecule has 1 N–H and O–H groups in total. The number of nitrogens with one attached hydrogen (secondary N) is 1. The van der Waals surface area contributed by atoms with Crippen LogP contribution in [0, 0.1) is 0 Å². The minimum Gasteiger partial charge on any atom is -0.350 e. The van der Waals surface area contributed by atoms with Crippen LogP contribution in [0.25, 0.3) is 16.2 Å². The number of nitrogens with zero attached hydrogens (tertiary/aromatic N) is 3. The monoisotopic (exact) mass is 350 g/mol. The quantitative estimate of drug-likeness (QED) is 0.721. The Morgan fingerprint density at radius 3 is 2.91 bits per heavy atom. The molecule has 1 aliphatic heterocycles. The number of aromatic nitrogens is 3. The number of benzene rings is 1. The molecule has 4 rings (SSSR count). The van der Waals surface area contributed by atoms with Gasteiger partial charge in [0.05, 0.1) is 11.9 Å². The Morgan fingerprint density at radius 1 is 1.30 bits per heavy atom. The highest BCUT2D eigenvalue weighted by Crippen LogP contribution is 2.26. The first kappa shape index (κ1) is 14.9. The van der Waals surface area contributed by atoms with Crippen LogP contribution in [0.2, 0.25) is 5.02 Å². The number of hydrogen-bond donors (Lipinski definition) is 1. The minimum absolute atomic E-state index is 0.204. The summed E-state index contributed by atoms with van der Waals surface area (Å²) < 4.78 is 7.24. The van der Waals surface area contributed by atoms with Crippen molar-refractivity contribution in [1.82, 2.24) is 14.6 Å². The molecule has 0 amide bonds. The molecule has 8 heteroatoms. The molecule has 23 heavy (non-hydrogen) atoms. The second-order valence-electron chi connectivity index (χ2n) is 5.28. The van der Waals surface area contributed by atoms with Crippen molar-refractivity contribution in [3.63, 3.8) is 0 Å². The summed E-state index contributed by atoms with van der Waals surface area (Å²) in [6.45, 7) is 0.748. The molecule has 0 aliphatic carbocycles. The van der Waals surface area contributed by atoms with Gasteiger partial charge in [-0.3, -0.25) is 0 Å². The maximum atomic E-state index is 5.91. The van der Waals surface area contributed by atoms with Gasteiger partial charge in [-0.15, -0.1) is 5.10 Å². The number of rotatable bonds is 4. The van der Waals surface area contributed by atoms with E-state index in [4.69, 9.17) is 21.2 Å². The van der Waals surface area contributed by atoms with Gasteiger partial charge in [0.15, 0.2) is 6.29 Å². The Hall–Kier alpha value is -1.67. The third-order valence-corrected chi connectivity index (χ3v) is 4.67. The van der Waals surface area contributed by atoms with Crippen LogP contribution in [0.4, 0.5) is 5.13 Å². The first-order valence-corrected chi connectivity index (χ1v) is 8.63. The molecule has 0 spiro atoms. The summed E-state index contributed by atoms with van der Waals surface area (Å²) in [4.78, 5) is 10.9. The molecule has 1 atom stereocenters. The van der Waals surface area contributed by atoms with Gasteiger partial charge in [-0.1, -0.05) is 35.1 Å². The molecule has 1 fully saturated rings. The van der Waals surface area contributed by atoms with Gasteiger partial charge in [-0.05, 0) is 25.0 Å². The van der Waals surface area contributed by atoms with Crippen molar-refractivity contribution >= 4 is 33.0 Å². The molecule has 1 unspecified atom stereocenters. The molecule has 0 saturated carbocycles. The fourth-order valence-electron chi connectivity index (χ4n) is 2.42. The van der Waals surface area contributed by atoms with E-state index in [1.807, 2.05) is 30.5 Å². The average Bonchev–Trinajstić information content (AvgIpc) is 3.13.